The van der Waals surface area contributed by atoms with Crippen molar-refractivity contribution in [2.75, 3.05) is 53.7 Å². The Kier molecular flexibility index (Phi) is 8.33. The van der Waals surface area contributed by atoms with Crippen molar-refractivity contribution in [2.24, 2.45) is 5.14 Å². The van der Waals surface area contributed by atoms with E-state index in [9.17, 15) is 8.42 Å². The van der Waals surface area contributed by atoms with Gasteiger partial charge in [0.05, 0.1) is 21.3 Å². The van der Waals surface area contributed by atoms with Crippen LogP contribution in [0.3, 0.4) is 0 Å². The molecule has 5 heterocycles. The van der Waals surface area contributed by atoms with Crippen LogP contribution in [0.15, 0.2) is 48.7 Å². The van der Waals surface area contributed by atoms with Crippen LogP contribution in [-0.2, 0) is 16.6 Å². The van der Waals surface area contributed by atoms with Gasteiger partial charge >= 0.3 is 0 Å². The molecule has 0 aliphatic carbocycles. The predicted octanol–water partition coefficient (Wildman–Crippen LogP) is 3.42. The zero-order valence-corrected chi connectivity index (χ0v) is 26.3. The van der Waals surface area contributed by atoms with E-state index in [0.29, 0.717) is 11.6 Å². The summed E-state index contributed by atoms with van der Waals surface area (Å²) in [5.74, 6) is 6.87. The van der Waals surface area contributed by atoms with E-state index in [1.54, 1.807) is 11.3 Å². The molecule has 0 saturated carbocycles. The fraction of sp³-hybridized carbons (Fsp3) is 0.464. The number of pyridine rings is 1. The Hall–Kier alpha value is -2.91. The summed E-state index contributed by atoms with van der Waals surface area (Å²) in [6, 6.07) is 13.9. The summed E-state index contributed by atoms with van der Waals surface area (Å²) in [5.41, 5.74) is 2.98. The van der Waals surface area contributed by atoms with Crippen LogP contribution in [0.25, 0.3) is 16.4 Å². The molecule has 224 valence electrons. The lowest BCUT2D eigenvalue weighted by molar-refractivity contribution is 0.293. The molecule has 2 saturated heterocycles. The van der Waals surface area contributed by atoms with E-state index in [2.05, 4.69) is 45.5 Å². The number of nitrogens with zero attached hydrogens (tertiary/aromatic N) is 7. The molecule has 0 radical (unpaired) electrons. The molecule has 2 aliphatic rings. The van der Waals surface area contributed by atoms with Gasteiger partial charge in [-0.25, -0.2) is 33.6 Å². The first-order valence-electron chi connectivity index (χ1n) is 14.2. The monoisotopic (exact) mass is 627 g/mol. The minimum Gasteiger partial charge on any atom is -0.369 e. The van der Waals surface area contributed by atoms with Crippen LogP contribution in [0.5, 0.6) is 0 Å². The minimum absolute atomic E-state index is 0.0660. The predicted molar refractivity (Wildman–Crippen MR) is 170 cm³/mol. The summed E-state index contributed by atoms with van der Waals surface area (Å²) in [5, 5.41) is 22.4. The molecular formula is C28H37N9O2S3. The lowest BCUT2D eigenvalue weighted by atomic mass is 9.92. The van der Waals surface area contributed by atoms with Crippen molar-refractivity contribution in [2.45, 2.75) is 32.2 Å². The van der Waals surface area contributed by atoms with Crippen molar-refractivity contribution < 1.29 is 8.42 Å². The Bertz CT molecular complexity index is 1630. The summed E-state index contributed by atoms with van der Waals surface area (Å²) in [6.07, 6.45) is 1.81. The van der Waals surface area contributed by atoms with E-state index in [1.807, 2.05) is 42.6 Å². The van der Waals surface area contributed by atoms with E-state index < -0.39 is 10.0 Å². The molecule has 11 nitrogen and oxygen atoms in total. The number of hydrogen-bond donors (Lipinski definition) is 2. The lowest BCUT2D eigenvalue weighted by Crippen LogP contribution is -2.35. The molecule has 14 heteroatoms. The van der Waals surface area contributed by atoms with E-state index in [0.717, 1.165) is 40.9 Å². The molecule has 2 unspecified atom stereocenters. The Morgan fingerprint density at radius 1 is 1.07 bits per heavy atom. The van der Waals surface area contributed by atoms with Gasteiger partial charge < -0.3 is 5.32 Å². The Balaban J connectivity index is 1.19. The number of nitrogens with two attached hydrogens (primary N) is 1. The summed E-state index contributed by atoms with van der Waals surface area (Å²) in [7, 11) is -3.80. The molecule has 0 amide bonds. The highest BCUT2D eigenvalue weighted by Crippen LogP contribution is 2.62. The van der Waals surface area contributed by atoms with Crippen molar-refractivity contribution >= 4 is 37.2 Å². The lowest BCUT2D eigenvalue weighted by Gasteiger charge is -2.35. The van der Waals surface area contributed by atoms with Gasteiger partial charge in [0, 0.05) is 49.9 Å². The molecule has 0 bridgehead atoms. The third-order valence-corrected chi connectivity index (χ3v) is 13.8. The first-order chi connectivity index (χ1) is 20.2. The fourth-order valence-electron chi connectivity index (χ4n) is 5.20. The van der Waals surface area contributed by atoms with Crippen molar-refractivity contribution in [3.8, 4) is 16.4 Å². The van der Waals surface area contributed by atoms with Crippen LogP contribution < -0.4 is 10.5 Å². The second-order valence-corrected chi connectivity index (χ2v) is 18.2. The molecule has 2 fully saturated rings. The highest BCUT2D eigenvalue weighted by atomic mass is 32.3. The highest BCUT2D eigenvalue weighted by molar-refractivity contribution is 8.39. The van der Waals surface area contributed by atoms with Gasteiger partial charge in [-0.05, 0) is 58.1 Å². The van der Waals surface area contributed by atoms with Crippen LogP contribution in [0.1, 0.15) is 41.9 Å². The zero-order chi connectivity index (χ0) is 29.3. The quantitative estimate of drug-likeness (QED) is 0.239. The van der Waals surface area contributed by atoms with Crippen LogP contribution in [-0.4, -0.2) is 91.9 Å². The zero-order valence-electron chi connectivity index (χ0n) is 23.9. The van der Waals surface area contributed by atoms with E-state index in [4.69, 9.17) is 15.1 Å². The normalized spacial score (nSPS) is 18.9. The molecule has 2 atom stereocenters. The van der Waals surface area contributed by atoms with Gasteiger partial charge in [-0.2, -0.15) is 0 Å². The number of primary sulfonamides is 1. The third-order valence-electron chi connectivity index (χ3n) is 8.22. The van der Waals surface area contributed by atoms with Crippen LogP contribution in [0.2, 0.25) is 0 Å². The van der Waals surface area contributed by atoms with Gasteiger partial charge in [0.15, 0.2) is 0 Å². The molecule has 3 aromatic heterocycles. The maximum absolute atomic E-state index is 11.5. The number of nitrogens with one attached hydrogen (secondary N) is 1. The number of sulfonamides is 1. The molecule has 6 rings (SSSR count). The van der Waals surface area contributed by atoms with Gasteiger partial charge in [0.2, 0.25) is 15.8 Å². The fourth-order valence-corrected chi connectivity index (χ4v) is 9.84. The van der Waals surface area contributed by atoms with Gasteiger partial charge in [0.25, 0.3) is 0 Å². The highest BCUT2D eigenvalue weighted by Gasteiger charge is 2.39. The maximum Gasteiger partial charge on any atom is 0.216 e. The second kappa shape index (κ2) is 12.0. The van der Waals surface area contributed by atoms with Gasteiger partial charge in [-0.3, -0.25) is 4.90 Å². The number of rotatable bonds is 11. The van der Waals surface area contributed by atoms with Crippen molar-refractivity contribution in [1.82, 2.24) is 35.1 Å². The number of hydrogen-bond acceptors (Lipinski definition) is 10. The number of benzene rings is 1. The standard InChI is InChI=1S/C28H37N9O2S3/c1-20(21(2)28-31-18-25(40-28)27-33-35-37(34-27)23-6-4-3-5-7-23)24-16-22(17-26(32-24)30-8-11-42(29,38)39)19-36-9-12-41(13-10-36)14-15-41/h3-7,16-18,20-21H,8-15,19H2,1-2H3,(H,30,32)(H2,29,38,39). The summed E-state index contributed by atoms with van der Waals surface area (Å²) in [4.78, 5) is 14.6. The molecule has 3 N–H and O–H groups in total. The summed E-state index contributed by atoms with van der Waals surface area (Å²) < 4.78 is 23.0. The number of para-hydroxylation sites is 1. The van der Waals surface area contributed by atoms with Crippen molar-refractivity contribution in [3.63, 3.8) is 0 Å². The average Bonchev–Trinajstić information content (AvgIpc) is 3.34. The van der Waals surface area contributed by atoms with E-state index in [1.165, 1.54) is 33.4 Å². The third kappa shape index (κ3) is 7.00. The Labute approximate surface area is 252 Å². The Morgan fingerprint density at radius 3 is 2.55 bits per heavy atom. The number of aromatic nitrogens is 6. The summed E-state index contributed by atoms with van der Waals surface area (Å²) >= 11 is 1.57. The maximum atomic E-state index is 11.5. The molecule has 4 aromatic rings. The SMILES string of the molecule is CC(c1cc(CN2CCS3(CC2)CC3)cc(NCCS(N)(=O)=O)n1)C(C)c1ncc(-c2nnn(-c3ccccc3)n2)s1. The minimum atomic E-state index is -3.56. The number of tetrazole rings is 1. The van der Waals surface area contributed by atoms with E-state index in [-0.39, 0.29) is 34.2 Å². The number of anilines is 1. The molecule has 42 heavy (non-hydrogen) atoms. The first-order valence-corrected chi connectivity index (χ1v) is 19.0. The summed E-state index contributed by atoms with van der Waals surface area (Å²) in [6.45, 7) is 7.69. The molecular weight excluding hydrogens is 591 g/mol. The van der Waals surface area contributed by atoms with Gasteiger partial charge in [-0.1, -0.05) is 32.0 Å². The number of thiazole rings is 1. The smallest absolute Gasteiger partial charge is 0.216 e. The molecule has 1 spiro atoms. The largest absolute Gasteiger partial charge is 0.369 e. The van der Waals surface area contributed by atoms with Gasteiger partial charge in [0.1, 0.15) is 5.82 Å². The van der Waals surface area contributed by atoms with Crippen LogP contribution >= 0.6 is 21.4 Å². The van der Waals surface area contributed by atoms with Crippen molar-refractivity contribution in [3.05, 3.63) is 64.9 Å². The average molecular weight is 628 g/mol. The van der Waals surface area contributed by atoms with Crippen LogP contribution in [0.4, 0.5) is 5.82 Å². The van der Waals surface area contributed by atoms with Crippen LogP contribution in [0, 0.1) is 0 Å². The molecule has 2 aliphatic heterocycles. The van der Waals surface area contributed by atoms with Gasteiger partial charge in [-0.15, -0.1) is 26.3 Å². The Morgan fingerprint density at radius 2 is 1.83 bits per heavy atom. The van der Waals surface area contributed by atoms with Crippen molar-refractivity contribution in [1.29, 1.82) is 0 Å². The topological polar surface area (TPSA) is 145 Å². The van der Waals surface area contributed by atoms with E-state index >= 15 is 0 Å². The first kappa shape index (κ1) is 29.2. The molecule has 1 aromatic carbocycles. The second-order valence-electron chi connectivity index (χ2n) is 11.3.